The highest BCUT2D eigenvalue weighted by Gasteiger charge is 2.49. The van der Waals surface area contributed by atoms with E-state index in [1.807, 2.05) is 9.80 Å². The zero-order valence-electron chi connectivity index (χ0n) is 15.6. The topological polar surface area (TPSA) is 75.9 Å². The summed E-state index contributed by atoms with van der Waals surface area (Å²) in [5.41, 5.74) is 0.0176. The fourth-order valence-corrected chi connectivity index (χ4v) is 4.14. The molecule has 3 fully saturated rings. The lowest BCUT2D eigenvalue weighted by atomic mass is 9.90. The van der Waals surface area contributed by atoms with Gasteiger partial charge >= 0.3 is 6.09 Å². The number of aromatic nitrogens is 1. The molecule has 0 unspecified atom stereocenters. The van der Waals surface area contributed by atoms with Crippen LogP contribution in [-0.2, 0) is 4.74 Å². The molecule has 1 saturated carbocycles. The molecule has 142 valence electrons. The molecule has 3 aliphatic rings. The maximum Gasteiger partial charge on any atom is 0.410 e. The van der Waals surface area contributed by atoms with E-state index in [9.17, 15) is 9.59 Å². The van der Waals surface area contributed by atoms with Gasteiger partial charge in [-0.15, -0.1) is 0 Å². The maximum absolute atomic E-state index is 12.8. The second kappa shape index (κ2) is 6.59. The number of carbonyl (C=O) groups is 2. The Morgan fingerprint density at radius 2 is 2.12 bits per heavy atom. The molecule has 26 heavy (non-hydrogen) atoms. The van der Waals surface area contributed by atoms with Gasteiger partial charge in [-0.1, -0.05) is 13.3 Å². The van der Waals surface area contributed by atoms with Gasteiger partial charge in [-0.2, -0.15) is 0 Å². The highest BCUT2D eigenvalue weighted by molar-refractivity contribution is 5.93. The summed E-state index contributed by atoms with van der Waals surface area (Å²) in [7, 11) is 0. The SMILES string of the molecule is CCC[C@H](C)N1CC2(CCN(C(=O)c3ncoc3C3CC3)CC2)OC1=O. The van der Waals surface area contributed by atoms with Crippen LogP contribution in [0.5, 0.6) is 0 Å². The van der Waals surface area contributed by atoms with Gasteiger partial charge in [0.1, 0.15) is 11.4 Å². The number of ether oxygens (including phenoxy) is 1. The molecule has 0 aromatic carbocycles. The molecule has 3 heterocycles. The first-order chi connectivity index (χ1) is 12.5. The van der Waals surface area contributed by atoms with Crippen LogP contribution in [0.3, 0.4) is 0 Å². The minimum atomic E-state index is -0.445. The average Bonchev–Trinajstić information content (AvgIpc) is 3.26. The van der Waals surface area contributed by atoms with Crippen molar-refractivity contribution in [3.05, 3.63) is 17.8 Å². The predicted octanol–water partition coefficient (Wildman–Crippen LogP) is 3.17. The molecule has 1 aromatic rings. The zero-order valence-corrected chi connectivity index (χ0v) is 15.6. The summed E-state index contributed by atoms with van der Waals surface area (Å²) in [6.45, 7) is 5.99. The van der Waals surface area contributed by atoms with Crippen LogP contribution in [0.15, 0.2) is 10.8 Å². The van der Waals surface area contributed by atoms with Crippen molar-refractivity contribution in [2.24, 2.45) is 0 Å². The maximum atomic E-state index is 12.8. The number of oxazole rings is 1. The first kappa shape index (κ1) is 17.4. The lowest BCUT2D eigenvalue weighted by molar-refractivity contribution is 0.00286. The quantitative estimate of drug-likeness (QED) is 0.805. The Morgan fingerprint density at radius 1 is 1.38 bits per heavy atom. The van der Waals surface area contributed by atoms with E-state index in [2.05, 4.69) is 18.8 Å². The molecule has 1 atom stereocenters. The van der Waals surface area contributed by atoms with Crippen LogP contribution in [-0.4, -0.2) is 58.1 Å². The molecule has 1 spiro atoms. The van der Waals surface area contributed by atoms with Gasteiger partial charge in [0.15, 0.2) is 12.1 Å². The first-order valence-corrected chi connectivity index (χ1v) is 9.75. The number of nitrogens with zero attached hydrogens (tertiary/aromatic N) is 3. The second-order valence-electron chi connectivity index (χ2n) is 7.95. The van der Waals surface area contributed by atoms with Gasteiger partial charge < -0.3 is 19.0 Å². The lowest BCUT2D eigenvalue weighted by Crippen LogP contribution is -2.49. The summed E-state index contributed by atoms with van der Waals surface area (Å²) in [6.07, 6.45) is 6.68. The summed E-state index contributed by atoms with van der Waals surface area (Å²) in [5.74, 6) is 1.04. The summed E-state index contributed by atoms with van der Waals surface area (Å²) in [5, 5.41) is 0. The van der Waals surface area contributed by atoms with Crippen molar-refractivity contribution in [1.29, 1.82) is 0 Å². The molecule has 2 aliphatic heterocycles. The van der Waals surface area contributed by atoms with E-state index < -0.39 is 5.60 Å². The van der Waals surface area contributed by atoms with Crippen molar-refractivity contribution < 1.29 is 18.7 Å². The van der Waals surface area contributed by atoms with Gasteiger partial charge in [-0.05, 0) is 26.2 Å². The molecule has 1 aliphatic carbocycles. The second-order valence-corrected chi connectivity index (χ2v) is 7.95. The Labute approximate surface area is 153 Å². The Bertz CT molecular complexity index is 689. The van der Waals surface area contributed by atoms with Crippen LogP contribution in [0.4, 0.5) is 4.79 Å². The van der Waals surface area contributed by atoms with Gasteiger partial charge in [0, 0.05) is 37.9 Å². The van der Waals surface area contributed by atoms with E-state index in [1.165, 1.54) is 6.39 Å². The molecule has 2 saturated heterocycles. The highest BCUT2D eigenvalue weighted by Crippen LogP contribution is 2.42. The average molecular weight is 361 g/mol. The normalized spacial score (nSPS) is 23.4. The number of amides is 2. The van der Waals surface area contributed by atoms with Gasteiger partial charge in [-0.3, -0.25) is 4.79 Å². The zero-order chi connectivity index (χ0) is 18.3. The minimum Gasteiger partial charge on any atom is -0.447 e. The molecule has 2 amide bonds. The van der Waals surface area contributed by atoms with E-state index in [1.54, 1.807) is 0 Å². The Balaban J connectivity index is 1.39. The summed E-state index contributed by atoms with van der Waals surface area (Å²) in [6, 6.07) is 0.197. The van der Waals surface area contributed by atoms with Gasteiger partial charge in [0.05, 0.1) is 6.54 Å². The Kier molecular flexibility index (Phi) is 4.40. The number of rotatable bonds is 5. The third-order valence-electron chi connectivity index (χ3n) is 5.94. The van der Waals surface area contributed by atoms with Crippen LogP contribution < -0.4 is 0 Å². The van der Waals surface area contributed by atoms with Crippen molar-refractivity contribution >= 4 is 12.0 Å². The molecule has 7 heteroatoms. The summed E-state index contributed by atoms with van der Waals surface area (Å²) >= 11 is 0. The standard InChI is InChI=1S/C19H27N3O4/c1-3-4-13(2)22-11-19(26-18(22)24)7-9-21(10-8-19)17(23)15-16(14-5-6-14)25-12-20-15/h12-14H,3-11H2,1-2H3/t13-/m0/s1. The van der Waals surface area contributed by atoms with Gasteiger partial charge in [0.25, 0.3) is 5.91 Å². The molecule has 0 bridgehead atoms. The molecule has 4 rings (SSSR count). The molecule has 7 nitrogen and oxygen atoms in total. The first-order valence-electron chi connectivity index (χ1n) is 9.75. The summed E-state index contributed by atoms with van der Waals surface area (Å²) < 4.78 is 11.2. The third kappa shape index (κ3) is 3.08. The molecule has 0 N–H and O–H groups in total. The molecular weight excluding hydrogens is 334 g/mol. The van der Waals surface area contributed by atoms with E-state index in [0.29, 0.717) is 44.1 Å². The molecule has 1 aromatic heterocycles. The molecule has 0 radical (unpaired) electrons. The van der Waals surface area contributed by atoms with Gasteiger partial charge in [-0.25, -0.2) is 9.78 Å². The molecular formula is C19H27N3O4. The minimum absolute atomic E-state index is 0.0592. The largest absolute Gasteiger partial charge is 0.447 e. The number of hydrogen-bond donors (Lipinski definition) is 0. The number of carbonyl (C=O) groups excluding carboxylic acids is 2. The Morgan fingerprint density at radius 3 is 2.77 bits per heavy atom. The predicted molar refractivity (Wildman–Crippen MR) is 93.9 cm³/mol. The van der Waals surface area contributed by atoms with E-state index in [4.69, 9.17) is 9.15 Å². The highest BCUT2D eigenvalue weighted by atomic mass is 16.6. The van der Waals surface area contributed by atoms with Crippen LogP contribution in [0.25, 0.3) is 0 Å². The number of piperidine rings is 1. The number of hydrogen-bond acceptors (Lipinski definition) is 5. The monoisotopic (exact) mass is 361 g/mol. The van der Waals surface area contributed by atoms with Crippen molar-refractivity contribution in [2.75, 3.05) is 19.6 Å². The van der Waals surface area contributed by atoms with E-state index >= 15 is 0 Å². The van der Waals surface area contributed by atoms with Crippen LogP contribution in [0, 0.1) is 0 Å². The van der Waals surface area contributed by atoms with Crippen LogP contribution in [0.1, 0.15) is 74.5 Å². The summed E-state index contributed by atoms with van der Waals surface area (Å²) in [4.78, 5) is 32.9. The van der Waals surface area contributed by atoms with Gasteiger partial charge in [0.2, 0.25) is 0 Å². The van der Waals surface area contributed by atoms with Crippen LogP contribution in [0.2, 0.25) is 0 Å². The smallest absolute Gasteiger partial charge is 0.410 e. The van der Waals surface area contributed by atoms with E-state index in [-0.39, 0.29) is 18.0 Å². The van der Waals surface area contributed by atoms with Crippen molar-refractivity contribution in [3.8, 4) is 0 Å². The van der Waals surface area contributed by atoms with Crippen molar-refractivity contribution in [3.63, 3.8) is 0 Å². The van der Waals surface area contributed by atoms with Crippen molar-refractivity contribution in [2.45, 2.75) is 69.9 Å². The fourth-order valence-electron chi connectivity index (χ4n) is 4.14. The Hall–Kier alpha value is -2.05. The van der Waals surface area contributed by atoms with Crippen LogP contribution >= 0.6 is 0 Å². The number of likely N-dealkylation sites (tertiary alicyclic amines) is 1. The van der Waals surface area contributed by atoms with E-state index in [0.717, 1.165) is 31.4 Å². The lowest BCUT2D eigenvalue weighted by Gasteiger charge is -2.37. The fraction of sp³-hybridized carbons (Fsp3) is 0.737. The third-order valence-corrected chi connectivity index (χ3v) is 5.94. The van der Waals surface area contributed by atoms with Crippen molar-refractivity contribution in [1.82, 2.24) is 14.8 Å².